The quantitative estimate of drug-likeness (QED) is 0.148. The van der Waals surface area contributed by atoms with E-state index in [0.717, 1.165) is 61.8 Å². The first kappa shape index (κ1) is 26.3. The Labute approximate surface area is 197 Å². The zero-order valence-electron chi connectivity index (χ0n) is 18.6. The lowest BCUT2D eigenvalue weighted by atomic mass is 10.1. The number of nitrogens with one attached hydrogen (secondary N) is 2. The summed E-state index contributed by atoms with van der Waals surface area (Å²) in [6, 6.07) is 4.15. The largest absolute Gasteiger partial charge is 0.494 e. The number of unbranched alkanes of at least 4 members (excludes halogenated alkanes) is 2. The Morgan fingerprint density at radius 2 is 2.03 bits per heavy atom. The molecule has 0 aromatic heterocycles. The van der Waals surface area contributed by atoms with Gasteiger partial charge in [0.05, 0.1) is 20.3 Å². The molecule has 2 N–H and O–H groups in total. The molecule has 0 spiro atoms. The third kappa shape index (κ3) is 8.57. The number of ether oxygens (including phenoxy) is 3. The highest BCUT2D eigenvalue weighted by Crippen LogP contribution is 2.35. The molecule has 1 unspecified atom stereocenters. The zero-order valence-corrected chi connectivity index (χ0v) is 20.9. The smallest absolute Gasteiger partial charge is 0.305 e. The summed E-state index contributed by atoms with van der Waals surface area (Å²) >= 11 is 0. The summed E-state index contributed by atoms with van der Waals surface area (Å²) in [6.07, 6.45) is 4.37. The van der Waals surface area contributed by atoms with Gasteiger partial charge in [-0.2, -0.15) is 0 Å². The molecule has 8 heteroatoms. The van der Waals surface area contributed by atoms with Crippen LogP contribution in [0.25, 0.3) is 0 Å². The number of hydrogen-bond donors (Lipinski definition) is 2. The fourth-order valence-corrected chi connectivity index (χ4v) is 3.28. The Morgan fingerprint density at radius 3 is 2.73 bits per heavy atom. The summed E-state index contributed by atoms with van der Waals surface area (Å²) in [4.78, 5) is 15.8. The molecule has 7 nitrogen and oxygen atoms in total. The van der Waals surface area contributed by atoms with Crippen LogP contribution >= 0.6 is 24.0 Å². The second-order valence-electron chi connectivity index (χ2n) is 7.14. The lowest BCUT2D eigenvalue weighted by Gasteiger charge is -2.14. The van der Waals surface area contributed by atoms with Gasteiger partial charge < -0.3 is 24.8 Å². The number of carbonyl (C=O) groups is 1. The molecule has 170 valence electrons. The molecular weight excluding hydrogens is 497 g/mol. The second-order valence-corrected chi connectivity index (χ2v) is 7.14. The summed E-state index contributed by atoms with van der Waals surface area (Å²) < 4.78 is 16.4. The van der Waals surface area contributed by atoms with Gasteiger partial charge in [0.1, 0.15) is 17.6 Å². The fraction of sp³-hybridized carbons (Fsp3) is 0.636. The molecule has 1 aliphatic rings. The molecule has 1 aliphatic heterocycles. The Bertz CT molecular complexity index is 697. The molecule has 2 rings (SSSR count). The van der Waals surface area contributed by atoms with Crippen molar-refractivity contribution < 1.29 is 19.0 Å². The third-order valence-electron chi connectivity index (χ3n) is 4.71. The van der Waals surface area contributed by atoms with Crippen LogP contribution in [0.3, 0.4) is 0 Å². The Kier molecular flexibility index (Phi) is 12.6. The van der Waals surface area contributed by atoms with Gasteiger partial charge >= 0.3 is 5.97 Å². The molecule has 1 heterocycles. The normalized spacial score (nSPS) is 14.9. The predicted molar refractivity (Wildman–Crippen MR) is 130 cm³/mol. The van der Waals surface area contributed by atoms with Gasteiger partial charge in [0, 0.05) is 37.1 Å². The van der Waals surface area contributed by atoms with Gasteiger partial charge in [-0.25, -0.2) is 4.99 Å². The van der Waals surface area contributed by atoms with E-state index in [1.165, 1.54) is 12.7 Å². The molecule has 30 heavy (non-hydrogen) atoms. The van der Waals surface area contributed by atoms with Crippen molar-refractivity contribution in [3.8, 4) is 11.5 Å². The van der Waals surface area contributed by atoms with Gasteiger partial charge in [-0.1, -0.05) is 6.42 Å². The van der Waals surface area contributed by atoms with Gasteiger partial charge in [-0.05, 0) is 45.7 Å². The first-order valence-corrected chi connectivity index (χ1v) is 10.6. The highest BCUT2D eigenvalue weighted by atomic mass is 127. The van der Waals surface area contributed by atoms with E-state index in [-0.39, 0.29) is 36.0 Å². The highest BCUT2D eigenvalue weighted by Gasteiger charge is 2.21. The van der Waals surface area contributed by atoms with E-state index >= 15 is 0 Å². The van der Waals surface area contributed by atoms with Crippen molar-refractivity contribution in [3.63, 3.8) is 0 Å². The topological polar surface area (TPSA) is 81.2 Å². The van der Waals surface area contributed by atoms with Gasteiger partial charge in [-0.15, -0.1) is 24.0 Å². The van der Waals surface area contributed by atoms with Gasteiger partial charge in [0.25, 0.3) is 0 Å². The van der Waals surface area contributed by atoms with Gasteiger partial charge in [0.2, 0.25) is 0 Å². The van der Waals surface area contributed by atoms with Crippen molar-refractivity contribution in [1.29, 1.82) is 0 Å². The predicted octanol–water partition coefficient (Wildman–Crippen LogP) is 3.82. The number of halogens is 1. The number of fused-ring (bicyclic) bond motifs is 1. The van der Waals surface area contributed by atoms with E-state index in [0.29, 0.717) is 19.6 Å². The maximum absolute atomic E-state index is 11.1. The molecule has 0 amide bonds. The molecule has 0 aliphatic carbocycles. The van der Waals surface area contributed by atoms with Crippen molar-refractivity contribution in [1.82, 2.24) is 10.6 Å². The van der Waals surface area contributed by atoms with Crippen LogP contribution in [0.2, 0.25) is 0 Å². The number of rotatable bonds is 11. The number of esters is 1. The summed E-state index contributed by atoms with van der Waals surface area (Å²) in [7, 11) is 1.42. The first-order chi connectivity index (χ1) is 14.1. The molecule has 0 saturated carbocycles. The average Bonchev–Trinajstić information content (AvgIpc) is 3.07. The maximum atomic E-state index is 11.1. The fourth-order valence-electron chi connectivity index (χ4n) is 3.28. The average molecular weight is 533 g/mol. The summed E-state index contributed by atoms with van der Waals surface area (Å²) in [6.45, 7) is 8.84. The zero-order chi connectivity index (χ0) is 21.1. The Morgan fingerprint density at radius 1 is 1.23 bits per heavy atom. The van der Waals surface area contributed by atoms with Crippen molar-refractivity contribution in [2.45, 2.75) is 65.5 Å². The van der Waals surface area contributed by atoms with Gasteiger partial charge in [-0.3, -0.25) is 4.79 Å². The van der Waals surface area contributed by atoms with Crippen LogP contribution in [0.4, 0.5) is 0 Å². The summed E-state index contributed by atoms with van der Waals surface area (Å²) in [5.41, 5.74) is 2.22. The van der Waals surface area contributed by atoms with Gasteiger partial charge in [0.15, 0.2) is 5.96 Å². The SMILES string of the molecule is CCNC(=NCc1cc2c(cc1OCC)CC(C)O2)NCCCCCC(=O)OC.I. The van der Waals surface area contributed by atoms with Crippen LogP contribution in [0.15, 0.2) is 17.1 Å². The van der Waals surface area contributed by atoms with Crippen LogP contribution in [0.5, 0.6) is 11.5 Å². The number of nitrogens with zero attached hydrogens (tertiary/aromatic N) is 1. The lowest BCUT2D eigenvalue weighted by Crippen LogP contribution is -2.37. The molecular formula is C22H36IN3O4. The van der Waals surface area contributed by atoms with Crippen LogP contribution in [0, 0.1) is 0 Å². The monoisotopic (exact) mass is 533 g/mol. The number of methoxy groups -OCH3 is 1. The Hall–Kier alpha value is -1.71. The standard InChI is InChI=1S/C22H35N3O4.HI/c1-5-23-22(24-11-9-7-8-10-21(26)27-4)25-15-18-14-20-17(12-16(3)29-20)13-19(18)28-6-2;/h13-14,16H,5-12,15H2,1-4H3,(H2,23,24,25);1H. The van der Waals surface area contributed by atoms with E-state index < -0.39 is 0 Å². The van der Waals surface area contributed by atoms with E-state index in [2.05, 4.69) is 34.4 Å². The highest BCUT2D eigenvalue weighted by molar-refractivity contribution is 14.0. The first-order valence-electron chi connectivity index (χ1n) is 10.6. The van der Waals surface area contributed by atoms with E-state index in [9.17, 15) is 4.79 Å². The van der Waals surface area contributed by atoms with Crippen molar-refractivity contribution >= 4 is 35.9 Å². The molecule has 1 atom stereocenters. The van der Waals surface area contributed by atoms with Crippen molar-refractivity contribution in [2.24, 2.45) is 4.99 Å². The van der Waals surface area contributed by atoms with E-state index in [1.54, 1.807) is 0 Å². The molecule has 0 radical (unpaired) electrons. The van der Waals surface area contributed by atoms with Crippen molar-refractivity contribution in [2.75, 3.05) is 26.8 Å². The minimum absolute atomic E-state index is 0. The van der Waals surface area contributed by atoms with E-state index in [4.69, 9.17) is 14.5 Å². The summed E-state index contributed by atoms with van der Waals surface area (Å²) in [5.74, 6) is 2.45. The molecule has 1 aromatic rings. The minimum atomic E-state index is -0.148. The summed E-state index contributed by atoms with van der Waals surface area (Å²) in [5, 5.41) is 6.63. The minimum Gasteiger partial charge on any atom is -0.494 e. The number of carbonyl (C=O) groups excluding carboxylic acids is 1. The lowest BCUT2D eigenvalue weighted by molar-refractivity contribution is -0.140. The molecule has 0 bridgehead atoms. The van der Waals surface area contributed by atoms with Crippen LogP contribution in [0.1, 0.15) is 57.6 Å². The van der Waals surface area contributed by atoms with E-state index in [1.807, 2.05) is 13.8 Å². The van der Waals surface area contributed by atoms with Crippen molar-refractivity contribution in [3.05, 3.63) is 23.3 Å². The van der Waals surface area contributed by atoms with Crippen LogP contribution in [-0.4, -0.2) is 44.8 Å². The molecule has 0 fully saturated rings. The second kappa shape index (κ2) is 14.3. The number of benzene rings is 1. The number of aliphatic imine (C=N–C) groups is 1. The number of guanidine groups is 1. The number of hydrogen-bond acceptors (Lipinski definition) is 5. The Balaban J connectivity index is 0.00000450. The molecule has 1 aromatic carbocycles. The van der Waals surface area contributed by atoms with Crippen LogP contribution in [-0.2, 0) is 22.5 Å². The third-order valence-corrected chi connectivity index (χ3v) is 4.71. The maximum Gasteiger partial charge on any atom is 0.305 e. The molecule has 0 saturated heterocycles. The van der Waals surface area contributed by atoms with Crippen LogP contribution < -0.4 is 20.1 Å².